The second kappa shape index (κ2) is 8.14. The second-order valence-corrected chi connectivity index (χ2v) is 9.50. The largest absolute Gasteiger partial charge is 0.364 e. The maximum atomic E-state index is 12.9. The van der Waals surface area contributed by atoms with Crippen LogP contribution >= 0.6 is 12.2 Å². The van der Waals surface area contributed by atoms with Gasteiger partial charge >= 0.3 is 0 Å². The summed E-state index contributed by atoms with van der Waals surface area (Å²) >= 11 is 5.35. The molecule has 0 bridgehead atoms. The van der Waals surface area contributed by atoms with Crippen LogP contribution in [0.25, 0.3) is 6.08 Å². The predicted octanol–water partition coefficient (Wildman–Crippen LogP) is 4.57. The first-order chi connectivity index (χ1) is 14.0. The SMILES string of the molecule is CCN1C(=O)C(=Cc2ccc3c(c2)[C@H](C)CC(C)(C)N3C(C)C)C(=O)N(CC)C1=S. The van der Waals surface area contributed by atoms with Crippen molar-refractivity contribution >= 4 is 40.9 Å². The van der Waals surface area contributed by atoms with Gasteiger partial charge in [0.15, 0.2) is 5.11 Å². The van der Waals surface area contributed by atoms with Crippen LogP contribution in [0.1, 0.15) is 71.9 Å². The molecule has 0 N–H and O–H groups in total. The number of carbonyl (C=O) groups is 2. The molecule has 0 spiro atoms. The van der Waals surface area contributed by atoms with Crippen molar-refractivity contribution in [2.24, 2.45) is 0 Å². The average molecular weight is 428 g/mol. The van der Waals surface area contributed by atoms with Crippen molar-refractivity contribution in [3.05, 3.63) is 34.9 Å². The van der Waals surface area contributed by atoms with Crippen LogP contribution in [-0.2, 0) is 9.59 Å². The van der Waals surface area contributed by atoms with Crippen molar-refractivity contribution in [2.75, 3.05) is 18.0 Å². The van der Waals surface area contributed by atoms with E-state index in [0.29, 0.717) is 30.2 Å². The van der Waals surface area contributed by atoms with Crippen LogP contribution in [0.5, 0.6) is 0 Å². The van der Waals surface area contributed by atoms with Crippen molar-refractivity contribution < 1.29 is 9.59 Å². The van der Waals surface area contributed by atoms with Gasteiger partial charge in [0.1, 0.15) is 5.57 Å². The van der Waals surface area contributed by atoms with Gasteiger partial charge in [-0.05, 0) is 95.4 Å². The van der Waals surface area contributed by atoms with E-state index >= 15 is 0 Å². The van der Waals surface area contributed by atoms with Gasteiger partial charge in [-0.25, -0.2) is 0 Å². The van der Waals surface area contributed by atoms with E-state index in [4.69, 9.17) is 12.2 Å². The van der Waals surface area contributed by atoms with Gasteiger partial charge in [-0.2, -0.15) is 0 Å². The molecule has 0 saturated carbocycles. The Kier molecular flexibility index (Phi) is 6.10. The standard InChI is InChI=1S/C24H33N3O2S/c1-8-25-21(28)19(22(29)26(9-2)23(25)30)13-17-10-11-20-18(12-17)16(5)14-24(6,7)27(20)15(3)4/h10-13,15-16H,8-9,14H2,1-7H3/t16-/m1/s1. The molecular weight excluding hydrogens is 394 g/mol. The molecule has 1 saturated heterocycles. The molecule has 162 valence electrons. The molecular formula is C24H33N3O2S. The molecule has 0 aromatic heterocycles. The van der Waals surface area contributed by atoms with E-state index in [1.807, 2.05) is 19.9 Å². The van der Waals surface area contributed by atoms with E-state index in [-0.39, 0.29) is 22.9 Å². The summed E-state index contributed by atoms with van der Waals surface area (Å²) in [5.74, 6) is -0.228. The molecule has 5 nitrogen and oxygen atoms in total. The Hall–Kier alpha value is -2.21. The molecule has 2 heterocycles. The highest BCUT2D eigenvalue weighted by atomic mass is 32.1. The monoisotopic (exact) mass is 427 g/mol. The third kappa shape index (κ3) is 3.66. The molecule has 2 aliphatic rings. The molecule has 1 atom stereocenters. The van der Waals surface area contributed by atoms with Gasteiger partial charge in [-0.3, -0.25) is 19.4 Å². The predicted molar refractivity (Wildman–Crippen MR) is 127 cm³/mol. The zero-order valence-electron chi connectivity index (χ0n) is 19.2. The van der Waals surface area contributed by atoms with Gasteiger partial charge in [0.25, 0.3) is 11.8 Å². The fourth-order valence-electron chi connectivity index (χ4n) is 5.09. The number of rotatable bonds is 4. The molecule has 2 aliphatic heterocycles. The van der Waals surface area contributed by atoms with Crippen LogP contribution in [0.15, 0.2) is 23.8 Å². The topological polar surface area (TPSA) is 43.9 Å². The molecule has 30 heavy (non-hydrogen) atoms. The normalized spacial score (nSPS) is 21.5. The first-order valence-corrected chi connectivity index (χ1v) is 11.3. The number of carbonyl (C=O) groups excluding carboxylic acids is 2. The van der Waals surface area contributed by atoms with Crippen LogP contribution in [0.4, 0.5) is 5.69 Å². The van der Waals surface area contributed by atoms with Gasteiger partial charge in [-0.15, -0.1) is 0 Å². The highest BCUT2D eigenvalue weighted by Crippen LogP contribution is 2.44. The summed E-state index contributed by atoms with van der Waals surface area (Å²) in [4.78, 5) is 31.3. The lowest BCUT2D eigenvalue weighted by Crippen LogP contribution is -2.55. The van der Waals surface area contributed by atoms with Gasteiger partial charge in [0, 0.05) is 30.4 Å². The molecule has 1 aromatic carbocycles. The van der Waals surface area contributed by atoms with Crippen LogP contribution in [0.2, 0.25) is 0 Å². The Labute approximate surface area is 185 Å². The highest BCUT2D eigenvalue weighted by Gasteiger charge is 2.39. The van der Waals surface area contributed by atoms with E-state index < -0.39 is 0 Å². The first-order valence-electron chi connectivity index (χ1n) is 10.9. The van der Waals surface area contributed by atoms with Crippen LogP contribution in [0.3, 0.4) is 0 Å². The number of fused-ring (bicyclic) bond motifs is 1. The fourth-order valence-corrected chi connectivity index (χ4v) is 5.51. The lowest BCUT2D eigenvalue weighted by atomic mass is 9.78. The van der Waals surface area contributed by atoms with E-state index in [9.17, 15) is 9.59 Å². The smallest absolute Gasteiger partial charge is 0.265 e. The minimum absolute atomic E-state index is 0.0782. The number of likely N-dealkylation sites (N-methyl/N-ethyl adjacent to an activating group) is 2. The maximum absolute atomic E-state index is 12.9. The van der Waals surface area contributed by atoms with Gasteiger partial charge in [0.2, 0.25) is 0 Å². The number of amides is 2. The van der Waals surface area contributed by atoms with Crippen LogP contribution in [-0.4, -0.2) is 51.4 Å². The Morgan fingerprint density at radius 3 is 2.20 bits per heavy atom. The Morgan fingerprint density at radius 1 is 1.13 bits per heavy atom. The lowest BCUT2D eigenvalue weighted by molar-refractivity contribution is -0.133. The van der Waals surface area contributed by atoms with Crippen molar-refractivity contribution in [3.63, 3.8) is 0 Å². The van der Waals surface area contributed by atoms with E-state index in [0.717, 1.165) is 12.0 Å². The third-order valence-corrected chi connectivity index (χ3v) is 6.61. The Morgan fingerprint density at radius 2 is 1.70 bits per heavy atom. The maximum Gasteiger partial charge on any atom is 0.265 e. The minimum Gasteiger partial charge on any atom is -0.364 e. The third-order valence-electron chi connectivity index (χ3n) is 6.17. The van der Waals surface area contributed by atoms with Gasteiger partial charge < -0.3 is 4.90 Å². The summed E-state index contributed by atoms with van der Waals surface area (Å²) < 4.78 is 0. The number of hydrogen-bond donors (Lipinski definition) is 0. The molecule has 0 unspecified atom stereocenters. The molecule has 6 heteroatoms. The van der Waals surface area contributed by atoms with Crippen molar-refractivity contribution in [3.8, 4) is 0 Å². The number of thiocarbonyl (C=S) groups is 1. The van der Waals surface area contributed by atoms with E-state index in [1.54, 1.807) is 6.08 Å². The summed E-state index contributed by atoms with van der Waals surface area (Å²) in [6.45, 7) is 15.9. The summed E-state index contributed by atoms with van der Waals surface area (Å²) in [5.41, 5.74) is 3.64. The quantitative estimate of drug-likeness (QED) is 0.401. The Balaban J connectivity index is 2.07. The molecule has 1 fully saturated rings. The Bertz CT molecular complexity index is 891. The number of nitrogens with zero attached hydrogens (tertiary/aromatic N) is 3. The molecule has 3 rings (SSSR count). The van der Waals surface area contributed by atoms with Crippen molar-refractivity contribution in [1.29, 1.82) is 0 Å². The van der Waals surface area contributed by atoms with Gasteiger partial charge in [0.05, 0.1) is 0 Å². The van der Waals surface area contributed by atoms with E-state index in [1.165, 1.54) is 21.1 Å². The minimum atomic E-state index is -0.312. The van der Waals surface area contributed by atoms with Crippen molar-refractivity contribution in [2.45, 2.75) is 72.4 Å². The zero-order valence-corrected chi connectivity index (χ0v) is 20.0. The summed E-state index contributed by atoms with van der Waals surface area (Å²) in [6.07, 6.45) is 2.78. The van der Waals surface area contributed by atoms with Crippen molar-refractivity contribution in [1.82, 2.24) is 9.80 Å². The number of anilines is 1. The number of benzene rings is 1. The molecule has 1 aromatic rings. The summed E-state index contributed by atoms with van der Waals surface area (Å²) in [5, 5.41) is 0.293. The molecule has 0 radical (unpaired) electrons. The second-order valence-electron chi connectivity index (χ2n) is 9.14. The van der Waals surface area contributed by atoms with Crippen LogP contribution < -0.4 is 4.90 Å². The summed E-state index contributed by atoms with van der Waals surface area (Å²) in [6, 6.07) is 6.67. The van der Waals surface area contributed by atoms with Gasteiger partial charge in [-0.1, -0.05) is 13.0 Å². The summed E-state index contributed by atoms with van der Waals surface area (Å²) in [7, 11) is 0. The van der Waals surface area contributed by atoms with E-state index in [2.05, 4.69) is 51.7 Å². The zero-order chi connectivity index (χ0) is 22.4. The average Bonchev–Trinajstić information content (AvgIpc) is 2.65. The lowest BCUT2D eigenvalue weighted by Gasteiger charge is -2.50. The first kappa shape index (κ1) is 22.5. The molecule has 0 aliphatic carbocycles. The van der Waals surface area contributed by atoms with Crippen LogP contribution in [0, 0.1) is 0 Å². The number of hydrogen-bond acceptors (Lipinski definition) is 4. The molecule has 2 amide bonds. The highest BCUT2D eigenvalue weighted by molar-refractivity contribution is 7.80. The fraction of sp³-hybridized carbons (Fsp3) is 0.542.